The molecule has 1 aromatic heterocycles. The zero-order chi connectivity index (χ0) is 22.8. The van der Waals surface area contributed by atoms with Gasteiger partial charge in [-0.15, -0.1) is 6.58 Å². The van der Waals surface area contributed by atoms with Crippen molar-refractivity contribution in [2.45, 2.75) is 24.7 Å². The summed E-state index contributed by atoms with van der Waals surface area (Å²) in [6.07, 6.45) is 1.33. The molecule has 0 radical (unpaired) electrons. The molecule has 4 rings (SSSR count). The molecule has 0 fully saturated rings. The maximum atomic E-state index is 13.3. The van der Waals surface area contributed by atoms with Gasteiger partial charge in [0.15, 0.2) is 0 Å². The summed E-state index contributed by atoms with van der Waals surface area (Å²) >= 11 is 4.89. The van der Waals surface area contributed by atoms with Gasteiger partial charge in [-0.2, -0.15) is 0 Å². The van der Waals surface area contributed by atoms with E-state index in [0.29, 0.717) is 39.2 Å². The van der Waals surface area contributed by atoms with Crippen molar-refractivity contribution in [2.75, 3.05) is 17.8 Å². The average Bonchev–Trinajstić information content (AvgIpc) is 2.81. The minimum absolute atomic E-state index is 0.0926. The van der Waals surface area contributed by atoms with Crippen LogP contribution in [0.25, 0.3) is 11.3 Å². The van der Waals surface area contributed by atoms with Crippen LogP contribution >= 0.6 is 27.7 Å². The topological polar surface area (TPSA) is 79.2 Å². The van der Waals surface area contributed by atoms with Crippen LogP contribution in [-0.2, 0) is 4.79 Å². The zero-order valence-electron chi connectivity index (χ0n) is 17.7. The molecule has 2 heterocycles. The molecule has 1 N–H and O–H groups in total. The Bertz CT molecular complexity index is 1260. The molecule has 2 aromatic carbocycles. The maximum Gasteiger partial charge on any atom is 0.325 e. The highest BCUT2D eigenvalue weighted by molar-refractivity contribution is 9.10. The van der Waals surface area contributed by atoms with Crippen molar-refractivity contribution in [1.82, 2.24) is 10.1 Å². The van der Waals surface area contributed by atoms with Crippen molar-refractivity contribution < 1.29 is 14.2 Å². The molecule has 7 nitrogen and oxygen atoms in total. The molecule has 0 aliphatic carbocycles. The normalized spacial score (nSPS) is 14.5. The molecule has 0 saturated carbocycles. The van der Waals surface area contributed by atoms with Crippen LogP contribution in [0, 0.1) is 0 Å². The summed E-state index contributed by atoms with van der Waals surface area (Å²) in [6, 6.07) is 13.0. The number of aromatic amines is 1. The van der Waals surface area contributed by atoms with E-state index in [1.165, 1.54) is 11.8 Å². The second kappa shape index (κ2) is 9.30. The number of nitrogens with one attached hydrogen (secondary N) is 1. The van der Waals surface area contributed by atoms with E-state index < -0.39 is 6.17 Å². The van der Waals surface area contributed by atoms with Crippen LogP contribution in [0.3, 0.4) is 0 Å². The predicted octanol–water partition coefficient (Wildman–Crippen LogP) is 4.08. The quantitative estimate of drug-likeness (QED) is 0.305. The Morgan fingerprint density at radius 2 is 2.16 bits per heavy atom. The number of ether oxygens (including phenoxy) is 1. The third-order valence-electron chi connectivity index (χ3n) is 5.14. The van der Waals surface area contributed by atoms with Crippen molar-refractivity contribution in [2.24, 2.45) is 0 Å². The maximum absolute atomic E-state index is 13.3. The molecule has 0 spiro atoms. The van der Waals surface area contributed by atoms with Crippen molar-refractivity contribution in [3.05, 3.63) is 75.5 Å². The Hall–Kier alpha value is -2.91. The standard InChI is InChI=1S/C23H21BrN4O3S/c1-4-12-32-23-25-21(30)20-15-8-6-7-9-17(15)27(19(29)5-2)22(28(20)26-23)16-13-14(24)10-11-18(16)31-3/h4,6-11,13,22H,1,5,12H2,2-3H3/p+1/t22-/m1/s1. The number of thioether (sulfide) groups is 1. The molecule has 9 heteroatoms. The summed E-state index contributed by atoms with van der Waals surface area (Å²) in [5.41, 5.74) is 2.12. The fraction of sp³-hybridized carbons (Fsp3) is 0.217. The predicted molar refractivity (Wildman–Crippen MR) is 128 cm³/mol. The van der Waals surface area contributed by atoms with Crippen LogP contribution in [-0.4, -0.2) is 28.9 Å². The average molecular weight is 514 g/mol. The van der Waals surface area contributed by atoms with Crippen molar-refractivity contribution in [3.63, 3.8) is 0 Å². The van der Waals surface area contributed by atoms with Gasteiger partial charge in [-0.25, -0.2) is 4.90 Å². The van der Waals surface area contributed by atoms with Gasteiger partial charge in [0.1, 0.15) is 5.75 Å². The van der Waals surface area contributed by atoms with E-state index >= 15 is 0 Å². The molecule has 0 unspecified atom stereocenters. The van der Waals surface area contributed by atoms with Crippen LogP contribution in [0.2, 0.25) is 0 Å². The number of halogens is 1. The van der Waals surface area contributed by atoms with E-state index in [0.717, 1.165) is 4.47 Å². The lowest BCUT2D eigenvalue weighted by Gasteiger charge is -2.32. The summed E-state index contributed by atoms with van der Waals surface area (Å²) in [4.78, 5) is 31.1. The number of aromatic nitrogens is 3. The zero-order valence-corrected chi connectivity index (χ0v) is 20.1. The third-order valence-corrected chi connectivity index (χ3v) is 6.49. The molecule has 164 valence electrons. The fourth-order valence-electron chi connectivity index (χ4n) is 3.80. The van der Waals surface area contributed by atoms with Crippen LogP contribution in [0.4, 0.5) is 5.69 Å². The molecule has 1 aliphatic rings. The highest BCUT2D eigenvalue weighted by Gasteiger charge is 2.46. The van der Waals surface area contributed by atoms with Crippen LogP contribution in [0.5, 0.6) is 5.75 Å². The minimum Gasteiger partial charge on any atom is -0.496 e. The Balaban J connectivity index is 2.08. The number of hydrogen-bond donors (Lipinski definition) is 1. The van der Waals surface area contributed by atoms with E-state index in [9.17, 15) is 9.59 Å². The van der Waals surface area contributed by atoms with Crippen LogP contribution in [0.1, 0.15) is 25.1 Å². The summed E-state index contributed by atoms with van der Waals surface area (Å²) in [6.45, 7) is 5.55. The first-order chi connectivity index (χ1) is 15.5. The first-order valence-electron chi connectivity index (χ1n) is 10.0. The van der Waals surface area contributed by atoms with Gasteiger partial charge in [0.2, 0.25) is 11.1 Å². The number of hydrogen-bond acceptors (Lipinski definition) is 5. The number of fused-ring (bicyclic) bond motifs is 3. The summed E-state index contributed by atoms with van der Waals surface area (Å²) in [7, 11) is 1.58. The summed E-state index contributed by atoms with van der Waals surface area (Å²) in [5, 5.41) is 5.20. The van der Waals surface area contributed by atoms with E-state index in [1.54, 1.807) is 22.8 Å². The molecule has 1 atom stereocenters. The molecule has 32 heavy (non-hydrogen) atoms. The van der Waals surface area contributed by atoms with Gasteiger partial charge < -0.3 is 4.74 Å². The van der Waals surface area contributed by atoms with Crippen LogP contribution in [0.15, 0.2) is 69.5 Å². The Labute approximate surface area is 198 Å². The second-order valence-electron chi connectivity index (χ2n) is 7.05. The summed E-state index contributed by atoms with van der Waals surface area (Å²) < 4.78 is 8.09. The fourth-order valence-corrected chi connectivity index (χ4v) is 4.77. The molecule has 0 bridgehead atoms. The van der Waals surface area contributed by atoms with Crippen molar-refractivity contribution in [1.29, 1.82) is 0 Å². The first kappa shape index (κ1) is 22.3. The molecule has 1 amide bonds. The number of nitrogens with zero attached hydrogens (tertiary/aromatic N) is 3. The van der Waals surface area contributed by atoms with Gasteiger partial charge in [-0.05, 0) is 35.0 Å². The number of anilines is 1. The Morgan fingerprint density at radius 1 is 1.38 bits per heavy atom. The minimum atomic E-state index is -0.704. The molecular formula is C23H22BrN4O3S+. The van der Waals surface area contributed by atoms with Crippen LogP contribution < -0.4 is 19.9 Å². The SMILES string of the molecule is C=CCSc1n[n+]2c(c(=O)[nH]1)-c1ccccc1N(C(=O)CC)[C@H]2c1cc(Br)ccc1OC. The largest absolute Gasteiger partial charge is 0.496 e. The van der Waals surface area contributed by atoms with Crippen molar-refractivity contribution in [3.8, 4) is 17.0 Å². The number of amides is 1. The number of para-hydroxylation sites is 1. The second-order valence-corrected chi connectivity index (χ2v) is 8.97. The van der Waals surface area contributed by atoms with Gasteiger partial charge >= 0.3 is 11.3 Å². The lowest BCUT2D eigenvalue weighted by Crippen LogP contribution is -2.61. The molecule has 0 saturated heterocycles. The number of H-pyrrole nitrogens is 1. The Morgan fingerprint density at radius 3 is 2.88 bits per heavy atom. The van der Waals surface area contributed by atoms with Gasteiger partial charge in [-0.3, -0.25) is 14.6 Å². The number of rotatable bonds is 6. The van der Waals surface area contributed by atoms with E-state index in [2.05, 4.69) is 27.5 Å². The highest BCUT2D eigenvalue weighted by atomic mass is 79.9. The number of carbonyl (C=O) groups is 1. The number of carbonyl (C=O) groups excluding carboxylic acids is 1. The smallest absolute Gasteiger partial charge is 0.325 e. The van der Waals surface area contributed by atoms with E-state index in [4.69, 9.17) is 9.84 Å². The number of methoxy groups -OCH3 is 1. The third kappa shape index (κ3) is 3.86. The Kier molecular flexibility index (Phi) is 6.48. The lowest BCUT2D eigenvalue weighted by molar-refractivity contribution is -0.763. The summed E-state index contributed by atoms with van der Waals surface area (Å²) in [5.74, 6) is 1.08. The number of benzene rings is 2. The van der Waals surface area contributed by atoms with E-state index in [-0.39, 0.29) is 17.9 Å². The van der Waals surface area contributed by atoms with Gasteiger partial charge in [-0.1, -0.05) is 52.8 Å². The monoisotopic (exact) mass is 513 g/mol. The highest BCUT2D eigenvalue weighted by Crippen LogP contribution is 2.40. The van der Waals surface area contributed by atoms with Gasteiger partial charge in [0.05, 0.1) is 23.9 Å². The van der Waals surface area contributed by atoms with Gasteiger partial charge in [0.25, 0.3) is 6.17 Å². The lowest BCUT2D eigenvalue weighted by atomic mass is 10.0. The van der Waals surface area contributed by atoms with Gasteiger partial charge in [0, 0.05) is 21.7 Å². The molecule has 3 aromatic rings. The molecular weight excluding hydrogens is 492 g/mol. The molecule has 1 aliphatic heterocycles. The van der Waals surface area contributed by atoms with Crippen molar-refractivity contribution >= 4 is 39.3 Å². The first-order valence-corrected chi connectivity index (χ1v) is 11.8. The van der Waals surface area contributed by atoms with E-state index in [1.807, 2.05) is 49.4 Å².